The van der Waals surface area contributed by atoms with E-state index in [9.17, 15) is 18.0 Å². The molecular formula is C18H27N3O5S. The van der Waals surface area contributed by atoms with Crippen molar-refractivity contribution in [2.24, 2.45) is 0 Å². The van der Waals surface area contributed by atoms with Crippen molar-refractivity contribution in [3.8, 4) is 0 Å². The number of hydrogen-bond acceptors (Lipinski definition) is 5. The molecule has 0 atom stereocenters. The Hall–Kier alpha value is -1.97. The normalized spacial score (nSPS) is 16.4. The number of rotatable bonds is 7. The van der Waals surface area contributed by atoms with Crippen LogP contribution in [-0.2, 0) is 19.6 Å². The van der Waals surface area contributed by atoms with E-state index in [1.807, 2.05) is 11.8 Å². The monoisotopic (exact) mass is 397 g/mol. The SMILES string of the molecule is Cc1ccc(S(=O)(=O)N2CCN(CC(=O)N(CC(=O)O)C(C)C)CC2)cc1. The Morgan fingerprint density at radius 3 is 2.15 bits per heavy atom. The fraction of sp³-hybridized carbons (Fsp3) is 0.556. The van der Waals surface area contributed by atoms with Crippen LogP contribution in [-0.4, -0.2) is 84.8 Å². The van der Waals surface area contributed by atoms with E-state index < -0.39 is 16.0 Å². The highest BCUT2D eigenvalue weighted by atomic mass is 32.2. The fourth-order valence-corrected chi connectivity index (χ4v) is 4.40. The highest BCUT2D eigenvalue weighted by Gasteiger charge is 2.30. The maximum Gasteiger partial charge on any atom is 0.323 e. The molecule has 0 unspecified atom stereocenters. The van der Waals surface area contributed by atoms with Crippen molar-refractivity contribution in [3.05, 3.63) is 29.8 Å². The van der Waals surface area contributed by atoms with Gasteiger partial charge in [0.2, 0.25) is 15.9 Å². The number of nitrogens with zero attached hydrogens (tertiary/aromatic N) is 3. The molecule has 2 rings (SSSR count). The zero-order valence-electron chi connectivity index (χ0n) is 16.0. The van der Waals surface area contributed by atoms with E-state index in [1.54, 1.807) is 38.1 Å². The lowest BCUT2D eigenvalue weighted by atomic mass is 10.2. The van der Waals surface area contributed by atoms with Gasteiger partial charge in [-0.3, -0.25) is 14.5 Å². The second kappa shape index (κ2) is 8.81. The average Bonchev–Trinajstić information content (AvgIpc) is 2.60. The van der Waals surface area contributed by atoms with Gasteiger partial charge in [0, 0.05) is 32.2 Å². The van der Waals surface area contributed by atoms with Crippen LogP contribution in [0.25, 0.3) is 0 Å². The molecule has 150 valence electrons. The van der Waals surface area contributed by atoms with Crippen LogP contribution in [0.15, 0.2) is 29.2 Å². The van der Waals surface area contributed by atoms with Crippen molar-refractivity contribution in [1.29, 1.82) is 0 Å². The van der Waals surface area contributed by atoms with Crippen molar-refractivity contribution in [1.82, 2.24) is 14.1 Å². The van der Waals surface area contributed by atoms with Crippen LogP contribution in [0.5, 0.6) is 0 Å². The Bertz CT molecular complexity index is 769. The van der Waals surface area contributed by atoms with E-state index in [1.165, 1.54) is 9.21 Å². The molecule has 1 aliphatic rings. The van der Waals surface area contributed by atoms with Gasteiger partial charge in [-0.25, -0.2) is 8.42 Å². The third-order valence-electron chi connectivity index (χ3n) is 4.60. The molecule has 1 amide bonds. The first kappa shape index (κ1) is 21.3. The van der Waals surface area contributed by atoms with Crippen molar-refractivity contribution in [3.63, 3.8) is 0 Å². The summed E-state index contributed by atoms with van der Waals surface area (Å²) in [6.45, 7) is 6.64. The quantitative estimate of drug-likeness (QED) is 0.724. The van der Waals surface area contributed by atoms with Crippen LogP contribution in [0, 0.1) is 6.92 Å². The Labute approximate surface area is 160 Å². The molecule has 0 bridgehead atoms. The zero-order valence-corrected chi connectivity index (χ0v) is 16.8. The molecule has 1 aromatic carbocycles. The Morgan fingerprint density at radius 1 is 1.11 bits per heavy atom. The number of sulfonamides is 1. The van der Waals surface area contributed by atoms with Gasteiger partial charge in [-0.1, -0.05) is 17.7 Å². The summed E-state index contributed by atoms with van der Waals surface area (Å²) in [4.78, 5) is 26.8. The summed E-state index contributed by atoms with van der Waals surface area (Å²) in [5.74, 6) is -1.31. The number of hydrogen-bond donors (Lipinski definition) is 1. The maximum absolute atomic E-state index is 12.7. The molecule has 9 heteroatoms. The van der Waals surface area contributed by atoms with Crippen molar-refractivity contribution in [2.75, 3.05) is 39.3 Å². The third kappa shape index (κ3) is 5.50. The lowest BCUT2D eigenvalue weighted by Crippen LogP contribution is -2.52. The number of piperazine rings is 1. The summed E-state index contributed by atoms with van der Waals surface area (Å²) in [5.41, 5.74) is 0.994. The summed E-state index contributed by atoms with van der Waals surface area (Å²) in [7, 11) is -3.54. The second-order valence-corrected chi connectivity index (χ2v) is 8.94. The molecule has 0 radical (unpaired) electrons. The molecule has 1 fully saturated rings. The van der Waals surface area contributed by atoms with Crippen LogP contribution in [0.2, 0.25) is 0 Å². The number of carbonyl (C=O) groups excluding carboxylic acids is 1. The number of aliphatic carboxylic acids is 1. The predicted octanol–water partition coefficient (Wildman–Crippen LogP) is 0.623. The van der Waals surface area contributed by atoms with Gasteiger partial charge in [0.25, 0.3) is 0 Å². The molecule has 27 heavy (non-hydrogen) atoms. The first-order chi connectivity index (χ1) is 12.6. The Balaban J connectivity index is 1.95. The molecule has 0 aliphatic carbocycles. The van der Waals surface area contributed by atoms with E-state index in [2.05, 4.69) is 0 Å². The summed E-state index contributed by atoms with van der Waals surface area (Å²) >= 11 is 0. The fourth-order valence-electron chi connectivity index (χ4n) is 2.97. The molecule has 8 nitrogen and oxygen atoms in total. The smallest absolute Gasteiger partial charge is 0.323 e. The van der Waals surface area contributed by atoms with Crippen LogP contribution >= 0.6 is 0 Å². The molecule has 1 heterocycles. The molecule has 1 aliphatic heterocycles. The summed E-state index contributed by atoms with van der Waals surface area (Å²) in [6, 6.07) is 6.53. The Morgan fingerprint density at radius 2 is 1.67 bits per heavy atom. The molecular weight excluding hydrogens is 370 g/mol. The van der Waals surface area contributed by atoms with Crippen LogP contribution < -0.4 is 0 Å². The van der Waals surface area contributed by atoms with Gasteiger partial charge < -0.3 is 10.0 Å². The molecule has 1 aromatic rings. The van der Waals surface area contributed by atoms with Crippen LogP contribution in [0.4, 0.5) is 0 Å². The van der Waals surface area contributed by atoms with Crippen LogP contribution in [0.1, 0.15) is 19.4 Å². The summed E-state index contributed by atoms with van der Waals surface area (Å²) in [6.07, 6.45) is 0. The lowest BCUT2D eigenvalue weighted by molar-refractivity contribution is -0.146. The minimum atomic E-state index is -3.54. The molecule has 0 saturated carbocycles. The predicted molar refractivity (Wildman–Crippen MR) is 101 cm³/mol. The van der Waals surface area contributed by atoms with Gasteiger partial charge >= 0.3 is 5.97 Å². The minimum absolute atomic E-state index is 0.0872. The topological polar surface area (TPSA) is 98.2 Å². The number of amides is 1. The van der Waals surface area contributed by atoms with Gasteiger partial charge in [0.1, 0.15) is 6.54 Å². The molecule has 0 aromatic heterocycles. The number of benzene rings is 1. The number of carboxylic acid groups (broad SMARTS) is 1. The largest absolute Gasteiger partial charge is 0.480 e. The summed E-state index contributed by atoms with van der Waals surface area (Å²) in [5, 5.41) is 8.96. The third-order valence-corrected chi connectivity index (χ3v) is 6.51. The highest BCUT2D eigenvalue weighted by Crippen LogP contribution is 2.18. The van der Waals surface area contributed by atoms with Gasteiger partial charge in [-0.2, -0.15) is 4.31 Å². The van der Waals surface area contributed by atoms with Crippen molar-refractivity contribution >= 4 is 21.9 Å². The minimum Gasteiger partial charge on any atom is -0.480 e. The molecule has 1 N–H and O–H groups in total. The van der Waals surface area contributed by atoms with E-state index in [0.29, 0.717) is 26.2 Å². The number of aryl methyl sites for hydroxylation is 1. The summed E-state index contributed by atoms with van der Waals surface area (Å²) < 4.78 is 26.9. The van der Waals surface area contributed by atoms with E-state index >= 15 is 0 Å². The number of carboxylic acids is 1. The number of carbonyl (C=O) groups is 2. The van der Waals surface area contributed by atoms with Gasteiger partial charge in [0.15, 0.2) is 0 Å². The van der Waals surface area contributed by atoms with E-state index in [4.69, 9.17) is 5.11 Å². The van der Waals surface area contributed by atoms with Gasteiger partial charge in [-0.05, 0) is 32.9 Å². The Kier molecular flexibility index (Phi) is 6.96. The first-order valence-electron chi connectivity index (χ1n) is 8.91. The average molecular weight is 397 g/mol. The molecule has 1 saturated heterocycles. The van der Waals surface area contributed by atoms with Gasteiger partial charge in [0.05, 0.1) is 11.4 Å². The van der Waals surface area contributed by atoms with E-state index in [0.717, 1.165) is 5.56 Å². The highest BCUT2D eigenvalue weighted by molar-refractivity contribution is 7.89. The standard InChI is InChI=1S/C18H27N3O5S/c1-14(2)21(13-18(23)24)17(22)12-19-8-10-20(11-9-19)27(25,26)16-6-4-15(3)5-7-16/h4-7,14H,8-13H2,1-3H3,(H,23,24). The molecule has 0 spiro atoms. The van der Waals surface area contributed by atoms with Gasteiger partial charge in [-0.15, -0.1) is 0 Å². The maximum atomic E-state index is 12.7. The van der Waals surface area contributed by atoms with E-state index in [-0.39, 0.29) is 29.9 Å². The lowest BCUT2D eigenvalue weighted by Gasteiger charge is -2.35. The second-order valence-electron chi connectivity index (χ2n) is 7.00. The zero-order chi connectivity index (χ0) is 20.2. The van der Waals surface area contributed by atoms with Crippen molar-refractivity contribution in [2.45, 2.75) is 31.7 Å². The van der Waals surface area contributed by atoms with Crippen LogP contribution in [0.3, 0.4) is 0 Å². The first-order valence-corrected chi connectivity index (χ1v) is 10.4. The van der Waals surface area contributed by atoms with Crippen molar-refractivity contribution < 1.29 is 23.1 Å².